The zero-order valence-electron chi connectivity index (χ0n) is 16.6. The zero-order chi connectivity index (χ0) is 20.9. The van der Waals surface area contributed by atoms with Crippen molar-refractivity contribution < 1.29 is 14.0 Å². The molecule has 0 spiro atoms. The van der Waals surface area contributed by atoms with Gasteiger partial charge in [0, 0.05) is 15.5 Å². The third kappa shape index (κ3) is 2.16. The Hall–Kier alpha value is -1.93. The summed E-state index contributed by atoms with van der Waals surface area (Å²) in [6.07, 6.45) is 1.78. The molecule has 30 heavy (non-hydrogen) atoms. The lowest BCUT2D eigenvalue weighted by molar-refractivity contribution is -0.123. The van der Waals surface area contributed by atoms with Gasteiger partial charge in [-0.15, -0.1) is 11.8 Å². The third-order valence-electron chi connectivity index (χ3n) is 8.05. The minimum atomic E-state index is -0.389. The predicted octanol–water partition coefficient (Wildman–Crippen LogP) is 3.79. The number of rotatable bonds is 2. The van der Waals surface area contributed by atoms with Crippen LogP contribution in [0.1, 0.15) is 31.6 Å². The lowest BCUT2D eigenvalue weighted by atomic mass is 9.62. The number of nitrogens with one attached hydrogen (secondary N) is 1. The second kappa shape index (κ2) is 6.07. The molecule has 2 aliphatic carbocycles. The molecule has 1 saturated heterocycles. The topological polar surface area (TPSA) is 70.2 Å². The monoisotopic (exact) mass is 444 g/mol. The number of hydrogen-bond donors (Lipinski definition) is 1. The summed E-state index contributed by atoms with van der Waals surface area (Å²) in [5.74, 6) is -0.770. The molecule has 2 aromatic rings. The number of thioether (sulfide) groups is 1. The highest BCUT2D eigenvalue weighted by Gasteiger charge is 2.71. The Morgan fingerprint density at radius 2 is 1.80 bits per heavy atom. The van der Waals surface area contributed by atoms with Gasteiger partial charge in [-0.3, -0.25) is 19.3 Å². The Balaban J connectivity index is 1.43. The largest absolute Gasteiger partial charge is 0.307 e. The fourth-order valence-corrected chi connectivity index (χ4v) is 9.93. The van der Waals surface area contributed by atoms with Crippen LogP contribution >= 0.6 is 23.1 Å². The van der Waals surface area contributed by atoms with Crippen molar-refractivity contribution in [3.63, 3.8) is 0 Å². The normalized spacial score (nSPS) is 38.7. The first-order chi connectivity index (χ1) is 14.3. The van der Waals surface area contributed by atoms with Crippen LogP contribution in [-0.4, -0.2) is 22.0 Å². The highest BCUT2D eigenvalue weighted by molar-refractivity contribution is 8.00. The van der Waals surface area contributed by atoms with E-state index in [1.165, 1.54) is 40.5 Å². The molecular weight excluding hydrogens is 423 g/mol. The number of anilines is 1. The predicted molar refractivity (Wildman–Crippen MR) is 113 cm³/mol. The van der Waals surface area contributed by atoms with Gasteiger partial charge >= 0.3 is 4.87 Å². The van der Waals surface area contributed by atoms with Crippen LogP contribution in [-0.2, 0) is 15.0 Å². The SMILES string of the molecule is CC[C@]1(C)c2sc(=O)[nH]c2S[C@H]2[C@@H]3C[C@@H]([C@@H]4C(=O)N(c5ccc(F)cc5)C(=O)[C@@H]34)[C@@H]21. The number of imide groups is 1. The number of carbonyl (C=O) groups is 2. The molecular formula is C22H21FN2O3S2. The molecule has 156 valence electrons. The molecule has 1 aromatic heterocycles. The molecule has 4 aliphatic rings. The average Bonchev–Trinajstić information content (AvgIpc) is 3.44. The quantitative estimate of drug-likeness (QED) is 0.716. The van der Waals surface area contributed by atoms with Crippen molar-refractivity contribution in [1.29, 1.82) is 0 Å². The summed E-state index contributed by atoms with van der Waals surface area (Å²) in [4.78, 5) is 44.3. The smallest absolute Gasteiger partial charge is 0.305 e. The van der Waals surface area contributed by atoms with Gasteiger partial charge in [0.2, 0.25) is 11.8 Å². The lowest BCUT2D eigenvalue weighted by Gasteiger charge is -2.48. The van der Waals surface area contributed by atoms with E-state index in [0.29, 0.717) is 5.69 Å². The van der Waals surface area contributed by atoms with Crippen molar-refractivity contribution in [1.82, 2.24) is 4.98 Å². The molecule has 6 rings (SSSR count). The van der Waals surface area contributed by atoms with Crippen molar-refractivity contribution in [2.75, 3.05) is 4.90 Å². The molecule has 7 atom stereocenters. The van der Waals surface area contributed by atoms with Crippen LogP contribution in [0.15, 0.2) is 34.1 Å². The van der Waals surface area contributed by atoms with Gasteiger partial charge in [0.25, 0.3) is 0 Å². The number of hydrogen-bond acceptors (Lipinski definition) is 5. The van der Waals surface area contributed by atoms with E-state index in [2.05, 4.69) is 18.8 Å². The Labute approximate surface area is 181 Å². The molecule has 2 amide bonds. The highest BCUT2D eigenvalue weighted by Crippen LogP contribution is 2.69. The number of amides is 2. The van der Waals surface area contributed by atoms with Crippen molar-refractivity contribution >= 4 is 40.6 Å². The molecule has 1 aromatic carbocycles. The summed E-state index contributed by atoms with van der Waals surface area (Å²) in [5.41, 5.74) is 0.282. The van der Waals surface area contributed by atoms with Crippen molar-refractivity contribution in [3.05, 3.63) is 44.6 Å². The fourth-order valence-electron chi connectivity index (χ4n) is 6.74. The first kappa shape index (κ1) is 18.8. The van der Waals surface area contributed by atoms with Crippen LogP contribution in [0.3, 0.4) is 0 Å². The first-order valence-corrected chi connectivity index (χ1v) is 12.1. The molecule has 1 N–H and O–H groups in total. The molecule has 2 aliphatic heterocycles. The number of fused-ring (bicyclic) bond motifs is 9. The summed E-state index contributed by atoms with van der Waals surface area (Å²) in [6.45, 7) is 4.37. The Morgan fingerprint density at radius 1 is 1.13 bits per heavy atom. The van der Waals surface area contributed by atoms with Crippen LogP contribution in [0.2, 0.25) is 0 Å². The van der Waals surface area contributed by atoms with E-state index < -0.39 is 0 Å². The zero-order valence-corrected chi connectivity index (χ0v) is 18.2. The van der Waals surface area contributed by atoms with Gasteiger partial charge in [-0.25, -0.2) is 4.39 Å². The number of benzene rings is 1. The average molecular weight is 445 g/mol. The Morgan fingerprint density at radius 3 is 2.47 bits per heavy atom. The number of H-pyrrole nitrogens is 1. The van der Waals surface area contributed by atoms with Crippen molar-refractivity contribution in [2.45, 2.75) is 42.4 Å². The van der Waals surface area contributed by atoms with Crippen molar-refractivity contribution in [3.8, 4) is 0 Å². The second-order valence-corrected chi connectivity index (χ2v) is 11.3. The molecule has 3 fully saturated rings. The van der Waals surface area contributed by atoms with Gasteiger partial charge in [-0.1, -0.05) is 25.2 Å². The fraction of sp³-hybridized carbons (Fsp3) is 0.500. The minimum absolute atomic E-state index is 0.0330. The van der Waals surface area contributed by atoms with E-state index >= 15 is 0 Å². The van der Waals surface area contributed by atoms with Crippen LogP contribution in [0, 0.1) is 35.4 Å². The van der Waals surface area contributed by atoms with E-state index in [0.717, 1.165) is 22.7 Å². The van der Waals surface area contributed by atoms with Gasteiger partial charge in [-0.2, -0.15) is 0 Å². The maximum atomic E-state index is 13.4. The van der Waals surface area contributed by atoms with Gasteiger partial charge < -0.3 is 4.98 Å². The number of carbonyl (C=O) groups excluding carboxylic acids is 2. The molecule has 5 nitrogen and oxygen atoms in total. The molecule has 0 radical (unpaired) electrons. The van der Waals surface area contributed by atoms with Gasteiger partial charge in [0.15, 0.2) is 0 Å². The lowest BCUT2D eigenvalue weighted by Crippen LogP contribution is -2.49. The second-order valence-electron chi connectivity index (χ2n) is 9.16. The maximum Gasteiger partial charge on any atom is 0.305 e. The summed E-state index contributed by atoms with van der Waals surface area (Å²) < 4.78 is 13.4. The summed E-state index contributed by atoms with van der Waals surface area (Å²) in [5, 5.41) is 1.18. The van der Waals surface area contributed by atoms with E-state index in [1.54, 1.807) is 11.8 Å². The summed E-state index contributed by atoms with van der Waals surface area (Å²) in [7, 11) is 0. The Bertz CT molecular complexity index is 1140. The number of thiazole rings is 1. The third-order valence-corrected chi connectivity index (χ3v) is 10.8. The van der Waals surface area contributed by atoms with Gasteiger partial charge in [0.1, 0.15) is 5.82 Å². The van der Waals surface area contributed by atoms with Gasteiger partial charge in [-0.05, 0) is 54.9 Å². The summed E-state index contributed by atoms with van der Waals surface area (Å²) >= 11 is 3.00. The van der Waals surface area contributed by atoms with Crippen LogP contribution < -0.4 is 9.77 Å². The van der Waals surface area contributed by atoms with Crippen molar-refractivity contribution in [2.24, 2.45) is 29.6 Å². The van der Waals surface area contributed by atoms with Crippen LogP contribution in [0.25, 0.3) is 0 Å². The maximum absolute atomic E-state index is 13.4. The highest BCUT2D eigenvalue weighted by atomic mass is 32.2. The molecule has 2 saturated carbocycles. The van der Waals surface area contributed by atoms with Crippen LogP contribution in [0.5, 0.6) is 0 Å². The molecule has 2 bridgehead atoms. The van der Waals surface area contributed by atoms with Gasteiger partial charge in [0.05, 0.1) is 22.5 Å². The first-order valence-electron chi connectivity index (χ1n) is 10.4. The number of aromatic nitrogens is 1. The molecule has 0 unspecified atom stereocenters. The Kier molecular flexibility index (Phi) is 3.80. The molecule has 3 heterocycles. The van der Waals surface area contributed by atoms with E-state index in [-0.39, 0.29) is 62.8 Å². The van der Waals surface area contributed by atoms with E-state index in [1.807, 2.05) is 0 Å². The van der Waals surface area contributed by atoms with E-state index in [4.69, 9.17) is 0 Å². The van der Waals surface area contributed by atoms with E-state index in [9.17, 15) is 18.8 Å². The van der Waals surface area contributed by atoms with Crippen LogP contribution in [0.4, 0.5) is 10.1 Å². The number of halogens is 1. The standard InChI is InChI=1S/C22H21FN2O3S2/c1-3-22(2)15-11-8-12(16(15)29-18-17(22)30-21(28)24-18)14-13(11)19(26)25(20(14)27)10-6-4-9(23)5-7-10/h4-7,11-16H,3,8H2,1-2H3,(H,24,28)/t11-,12+,13-,14-,15-,16-,22-/m0/s1. The number of nitrogens with zero attached hydrogens (tertiary/aromatic N) is 1. The molecule has 8 heteroatoms. The summed E-state index contributed by atoms with van der Waals surface area (Å²) in [6, 6.07) is 5.59. The number of aromatic amines is 1. The minimum Gasteiger partial charge on any atom is -0.307 e.